The smallest absolute Gasteiger partial charge is 0.0666 e. The van der Waals surface area contributed by atoms with E-state index in [9.17, 15) is 19.8 Å². The molecule has 0 aromatic carbocycles. The molecule has 0 atom stereocenters. The molecule has 5 nitrogen and oxygen atoms in total. The molecule has 0 aliphatic carbocycles. The highest BCUT2D eigenvalue weighted by atomic mass is 16.4. The summed E-state index contributed by atoms with van der Waals surface area (Å²) in [5, 5.41) is 19.0. The van der Waals surface area contributed by atoms with E-state index in [1.54, 1.807) is 14.2 Å². The van der Waals surface area contributed by atoms with Gasteiger partial charge in [0.2, 0.25) is 0 Å². The summed E-state index contributed by atoms with van der Waals surface area (Å²) in [5.41, 5.74) is 0.130. The van der Waals surface area contributed by atoms with Crippen molar-refractivity contribution in [3.8, 4) is 0 Å². The average Bonchev–Trinajstić information content (AvgIpc) is 2.20. The van der Waals surface area contributed by atoms with Gasteiger partial charge in [-0.05, 0) is 25.0 Å². The van der Waals surface area contributed by atoms with Gasteiger partial charge < -0.3 is 24.5 Å². The molecule has 0 saturated heterocycles. The molecule has 0 amide bonds. The number of aliphatic carboxylic acids is 2. The summed E-state index contributed by atoms with van der Waals surface area (Å²) in [5.74, 6) is -2.37. The molecule has 18 heavy (non-hydrogen) atoms. The Morgan fingerprint density at radius 2 is 1.00 bits per heavy atom. The summed E-state index contributed by atoms with van der Waals surface area (Å²) in [6.45, 7) is 13.2. The van der Waals surface area contributed by atoms with Crippen LogP contribution in [0.25, 0.3) is 0 Å². The molecule has 0 N–H and O–H groups in total. The van der Waals surface area contributed by atoms with Gasteiger partial charge in [0, 0.05) is 14.2 Å². The van der Waals surface area contributed by atoms with Crippen LogP contribution < -0.4 is 10.2 Å². The SMILES string of the molecule is C=C(C)C(=O)[O-].C=C(C)C(=O)[O-].CCC.COC. The van der Waals surface area contributed by atoms with Crippen molar-refractivity contribution < 1.29 is 24.5 Å². The van der Waals surface area contributed by atoms with E-state index >= 15 is 0 Å². The van der Waals surface area contributed by atoms with Crippen molar-refractivity contribution in [2.24, 2.45) is 0 Å². The first-order valence-electron chi connectivity index (χ1n) is 5.25. The molecule has 0 bridgehead atoms. The minimum Gasteiger partial charge on any atom is -0.545 e. The summed E-state index contributed by atoms with van der Waals surface area (Å²) in [6, 6.07) is 0. The first kappa shape index (κ1) is 25.3. The van der Waals surface area contributed by atoms with Crippen LogP contribution in [-0.4, -0.2) is 26.2 Å². The van der Waals surface area contributed by atoms with Crippen molar-refractivity contribution in [3.63, 3.8) is 0 Å². The number of carbonyl (C=O) groups excluding carboxylic acids is 2. The van der Waals surface area contributed by atoms with Crippen LogP contribution in [0.3, 0.4) is 0 Å². The molecule has 0 heterocycles. The molecule has 108 valence electrons. The van der Waals surface area contributed by atoms with Gasteiger partial charge in [-0.3, -0.25) is 0 Å². The molecule has 0 rings (SSSR count). The predicted molar refractivity (Wildman–Crippen MR) is 68.5 cm³/mol. The van der Waals surface area contributed by atoms with Crippen LogP contribution >= 0.6 is 0 Å². The molecule has 0 aromatic heterocycles. The van der Waals surface area contributed by atoms with E-state index in [0.29, 0.717) is 0 Å². The fraction of sp³-hybridized carbons (Fsp3) is 0.538. The van der Waals surface area contributed by atoms with E-state index in [4.69, 9.17) is 0 Å². The van der Waals surface area contributed by atoms with Crippen LogP contribution in [0.4, 0.5) is 0 Å². The number of rotatable bonds is 2. The minimum atomic E-state index is -1.19. The van der Waals surface area contributed by atoms with Gasteiger partial charge in [-0.25, -0.2) is 0 Å². The number of hydrogen-bond donors (Lipinski definition) is 0. The molecular weight excluding hydrogens is 236 g/mol. The summed E-state index contributed by atoms with van der Waals surface area (Å²) in [7, 11) is 3.25. The molecule has 0 fully saturated rings. The second kappa shape index (κ2) is 20.8. The Balaban J connectivity index is -0.0000000770. The topological polar surface area (TPSA) is 89.5 Å². The van der Waals surface area contributed by atoms with Gasteiger partial charge in [-0.2, -0.15) is 0 Å². The van der Waals surface area contributed by atoms with Gasteiger partial charge in [0.15, 0.2) is 0 Å². The molecule has 0 aromatic rings. The first-order chi connectivity index (χ1) is 8.11. The average molecular weight is 260 g/mol. The molecule has 0 unspecified atom stereocenters. The third-order valence-electron chi connectivity index (χ3n) is 0.697. The lowest BCUT2D eigenvalue weighted by molar-refractivity contribution is -0.300. The Morgan fingerprint density at radius 3 is 1.00 bits per heavy atom. The lowest BCUT2D eigenvalue weighted by atomic mass is 10.4. The van der Waals surface area contributed by atoms with Gasteiger partial charge in [-0.15, -0.1) is 0 Å². The number of ether oxygens (including phenoxy) is 1. The molecule has 0 aliphatic heterocycles. The second-order valence-corrected chi connectivity index (χ2v) is 3.25. The zero-order chi connectivity index (χ0) is 15.7. The highest BCUT2D eigenvalue weighted by molar-refractivity contribution is 5.83. The van der Waals surface area contributed by atoms with Crippen LogP contribution in [-0.2, 0) is 14.3 Å². The van der Waals surface area contributed by atoms with E-state index in [0.717, 1.165) is 0 Å². The van der Waals surface area contributed by atoms with Crippen LogP contribution in [0.15, 0.2) is 24.3 Å². The largest absolute Gasteiger partial charge is 0.545 e. The Morgan fingerprint density at radius 1 is 0.944 bits per heavy atom. The molecule has 0 spiro atoms. The maximum atomic E-state index is 9.49. The number of methoxy groups -OCH3 is 1. The molecule has 0 aliphatic rings. The van der Waals surface area contributed by atoms with Gasteiger partial charge in [0.1, 0.15) is 0 Å². The number of carbonyl (C=O) groups is 2. The minimum absolute atomic E-state index is 0.0648. The second-order valence-electron chi connectivity index (χ2n) is 3.25. The third-order valence-corrected chi connectivity index (χ3v) is 0.697. The molecule has 0 radical (unpaired) electrons. The van der Waals surface area contributed by atoms with Crippen molar-refractivity contribution in [1.29, 1.82) is 0 Å². The van der Waals surface area contributed by atoms with E-state index in [-0.39, 0.29) is 11.1 Å². The van der Waals surface area contributed by atoms with E-state index in [1.807, 2.05) is 0 Å². The molecular formula is C13H24O5-2. The van der Waals surface area contributed by atoms with E-state index in [2.05, 4.69) is 31.7 Å². The van der Waals surface area contributed by atoms with Crippen molar-refractivity contribution in [2.45, 2.75) is 34.1 Å². The van der Waals surface area contributed by atoms with Crippen LogP contribution in [0.2, 0.25) is 0 Å². The monoisotopic (exact) mass is 260 g/mol. The van der Waals surface area contributed by atoms with Crippen molar-refractivity contribution >= 4 is 11.9 Å². The van der Waals surface area contributed by atoms with Crippen LogP contribution in [0.1, 0.15) is 34.1 Å². The van der Waals surface area contributed by atoms with Crippen molar-refractivity contribution in [2.75, 3.05) is 14.2 Å². The summed E-state index contributed by atoms with van der Waals surface area (Å²) in [4.78, 5) is 19.0. The lowest BCUT2D eigenvalue weighted by Gasteiger charge is -1.93. The van der Waals surface area contributed by atoms with Crippen molar-refractivity contribution in [3.05, 3.63) is 24.3 Å². The lowest BCUT2D eigenvalue weighted by Crippen LogP contribution is -2.22. The quantitative estimate of drug-likeness (QED) is 0.666. The van der Waals surface area contributed by atoms with Crippen LogP contribution in [0, 0.1) is 0 Å². The fourth-order valence-electron chi connectivity index (χ4n) is 0. The van der Waals surface area contributed by atoms with Gasteiger partial charge in [-0.1, -0.05) is 33.4 Å². The Kier molecular flexibility index (Phi) is 29.1. The standard InChI is InChI=1S/2C4H6O2.C3H8.C2H6O/c2*1-3(2)4(5)6;2*1-3-2/h2*1H2,2H3,(H,5,6);3H2,1-2H3;1-2H3/p-2. The predicted octanol–water partition coefficient (Wildman–Crippen LogP) is 0.304. The summed E-state index contributed by atoms with van der Waals surface area (Å²) >= 11 is 0. The molecule has 0 saturated carbocycles. The maximum Gasteiger partial charge on any atom is 0.0666 e. The Bertz CT molecular complexity index is 194. The van der Waals surface area contributed by atoms with Crippen LogP contribution in [0.5, 0.6) is 0 Å². The fourth-order valence-corrected chi connectivity index (χ4v) is 0. The molecule has 5 heteroatoms. The highest BCUT2D eigenvalue weighted by Gasteiger charge is 1.76. The Labute approximate surface area is 110 Å². The number of carboxylic acid groups (broad SMARTS) is 2. The summed E-state index contributed by atoms with van der Waals surface area (Å²) < 4.78 is 4.25. The number of hydrogen-bond acceptors (Lipinski definition) is 5. The zero-order valence-corrected chi connectivity index (χ0v) is 12.2. The zero-order valence-electron chi connectivity index (χ0n) is 12.2. The van der Waals surface area contributed by atoms with Gasteiger partial charge in [0.05, 0.1) is 11.9 Å². The summed E-state index contributed by atoms with van der Waals surface area (Å²) in [6.07, 6.45) is 1.25. The normalized spacial score (nSPS) is 7.00. The Hall–Kier alpha value is -1.62. The van der Waals surface area contributed by atoms with Gasteiger partial charge in [0.25, 0.3) is 0 Å². The van der Waals surface area contributed by atoms with E-state index < -0.39 is 11.9 Å². The van der Waals surface area contributed by atoms with Gasteiger partial charge >= 0.3 is 0 Å². The maximum absolute atomic E-state index is 9.49. The van der Waals surface area contributed by atoms with E-state index in [1.165, 1.54) is 20.3 Å². The third kappa shape index (κ3) is 63.2. The van der Waals surface area contributed by atoms with Crippen molar-refractivity contribution in [1.82, 2.24) is 0 Å². The first-order valence-corrected chi connectivity index (χ1v) is 5.25. The number of carboxylic acids is 2. The highest BCUT2D eigenvalue weighted by Crippen LogP contribution is 1.77.